The van der Waals surface area contributed by atoms with Crippen LogP contribution in [0.25, 0.3) is 5.69 Å². The fourth-order valence-electron chi connectivity index (χ4n) is 2.41. The van der Waals surface area contributed by atoms with Gasteiger partial charge in [-0.05, 0) is 31.9 Å². The molecule has 0 atom stereocenters. The molecule has 0 saturated heterocycles. The highest BCUT2D eigenvalue weighted by Gasteiger charge is 2.33. The third kappa shape index (κ3) is 4.64. The second-order valence-corrected chi connectivity index (χ2v) is 8.06. The van der Waals surface area contributed by atoms with Gasteiger partial charge < -0.3 is 4.74 Å². The zero-order valence-electron chi connectivity index (χ0n) is 14.4. The normalized spacial score (nSPS) is 14.0. The summed E-state index contributed by atoms with van der Waals surface area (Å²) in [7, 11) is -4.22. The number of hydrogen-bond donors (Lipinski definition) is 1. The maximum absolute atomic E-state index is 12.3. The van der Waals surface area contributed by atoms with Crippen LogP contribution in [-0.2, 0) is 19.6 Å². The van der Waals surface area contributed by atoms with Crippen molar-refractivity contribution in [2.75, 3.05) is 12.4 Å². The molecular weight excluding hydrogens is 396 g/mol. The fourth-order valence-corrected chi connectivity index (χ4v) is 3.46. The van der Waals surface area contributed by atoms with Gasteiger partial charge in [-0.25, -0.2) is 22.8 Å². The Morgan fingerprint density at radius 2 is 2.04 bits per heavy atom. The minimum Gasteiger partial charge on any atom is -0.465 e. The molecule has 27 heavy (non-hydrogen) atoms. The van der Waals surface area contributed by atoms with Crippen molar-refractivity contribution in [3.05, 3.63) is 40.9 Å². The quantitative estimate of drug-likeness (QED) is 0.682. The number of nitrogens with one attached hydrogen (secondary N) is 1. The van der Waals surface area contributed by atoms with Crippen molar-refractivity contribution in [3.8, 4) is 5.69 Å². The number of halogens is 1. The summed E-state index contributed by atoms with van der Waals surface area (Å²) in [5.41, 5.74) is 0.544. The molecule has 0 radical (unpaired) electrons. The second kappa shape index (κ2) is 7.65. The van der Waals surface area contributed by atoms with Crippen molar-refractivity contribution in [1.29, 1.82) is 0 Å². The number of ether oxygens (including phenoxy) is 1. The predicted octanol–water partition coefficient (Wildman–Crippen LogP) is 1.42. The minimum atomic E-state index is -4.22. The van der Waals surface area contributed by atoms with Gasteiger partial charge in [0.05, 0.1) is 17.3 Å². The fraction of sp³-hybridized carbons (Fsp3) is 0.375. The first-order valence-corrected chi connectivity index (χ1v) is 10.3. The summed E-state index contributed by atoms with van der Waals surface area (Å²) < 4.78 is 31.7. The van der Waals surface area contributed by atoms with Crippen molar-refractivity contribution in [2.45, 2.75) is 25.7 Å². The van der Waals surface area contributed by atoms with Crippen LogP contribution in [0.1, 0.15) is 42.1 Å². The molecule has 1 aliphatic carbocycles. The Morgan fingerprint density at radius 3 is 2.67 bits per heavy atom. The number of carbonyl (C=O) groups is 2. The molecule has 1 aromatic heterocycles. The standard InChI is InChI=1S/C16H17ClN4O5S/c1-2-26-13(22)9-27(24,25)20-16(23)14-18-15(10-7-8-10)21(19-14)12-6-4-3-5-11(12)17/h3-6,10H,2,7-9H2,1H3,(H,20,23). The van der Waals surface area contributed by atoms with Crippen LogP contribution < -0.4 is 4.72 Å². The van der Waals surface area contributed by atoms with Crippen LogP contribution in [0.2, 0.25) is 5.02 Å². The number of sulfonamides is 1. The summed E-state index contributed by atoms with van der Waals surface area (Å²) in [5, 5.41) is 4.55. The molecule has 3 rings (SSSR count). The number of benzene rings is 1. The van der Waals surface area contributed by atoms with Crippen molar-refractivity contribution in [3.63, 3.8) is 0 Å². The number of amides is 1. The van der Waals surface area contributed by atoms with E-state index in [-0.39, 0.29) is 18.3 Å². The predicted molar refractivity (Wildman–Crippen MR) is 96.2 cm³/mol. The third-order valence-electron chi connectivity index (χ3n) is 3.72. The van der Waals surface area contributed by atoms with Crippen molar-refractivity contribution in [2.24, 2.45) is 0 Å². The molecule has 11 heteroatoms. The number of esters is 1. The molecule has 2 aromatic rings. The number of rotatable bonds is 7. The van der Waals surface area contributed by atoms with E-state index in [4.69, 9.17) is 11.6 Å². The Kier molecular flexibility index (Phi) is 5.47. The summed E-state index contributed by atoms with van der Waals surface area (Å²) in [6.45, 7) is 1.59. The summed E-state index contributed by atoms with van der Waals surface area (Å²) in [4.78, 5) is 27.9. The molecule has 1 saturated carbocycles. The van der Waals surface area contributed by atoms with Crippen molar-refractivity contribution in [1.82, 2.24) is 19.5 Å². The first-order valence-electron chi connectivity index (χ1n) is 8.23. The highest BCUT2D eigenvalue weighted by molar-refractivity contribution is 7.90. The summed E-state index contributed by atoms with van der Waals surface area (Å²) in [5.74, 6) is -2.59. The van der Waals surface area contributed by atoms with Crippen molar-refractivity contribution < 1.29 is 22.7 Å². The molecule has 1 aliphatic rings. The molecule has 0 unspecified atom stereocenters. The number of nitrogens with zero attached hydrogens (tertiary/aromatic N) is 3. The number of hydrogen-bond acceptors (Lipinski definition) is 7. The van der Waals surface area contributed by atoms with E-state index in [0.717, 1.165) is 12.8 Å². The van der Waals surface area contributed by atoms with Crippen LogP contribution in [0.5, 0.6) is 0 Å². The topological polar surface area (TPSA) is 120 Å². The number of carbonyl (C=O) groups excluding carboxylic acids is 2. The molecule has 1 fully saturated rings. The molecule has 1 aromatic carbocycles. The molecule has 1 N–H and O–H groups in total. The average molecular weight is 413 g/mol. The van der Waals surface area contributed by atoms with Crippen molar-refractivity contribution >= 4 is 33.5 Å². The number of para-hydroxylation sites is 1. The molecule has 0 spiro atoms. The largest absolute Gasteiger partial charge is 0.465 e. The first-order chi connectivity index (χ1) is 12.8. The van der Waals surface area contributed by atoms with Crippen LogP contribution >= 0.6 is 11.6 Å². The average Bonchev–Trinajstić information content (AvgIpc) is 3.33. The minimum absolute atomic E-state index is 0.0385. The molecule has 0 bridgehead atoms. The molecule has 144 valence electrons. The maximum atomic E-state index is 12.3. The lowest BCUT2D eigenvalue weighted by Crippen LogP contribution is -2.36. The van der Waals surface area contributed by atoms with E-state index in [2.05, 4.69) is 14.8 Å². The highest BCUT2D eigenvalue weighted by atomic mass is 35.5. The van der Waals surface area contributed by atoms with Gasteiger partial charge in [0.2, 0.25) is 15.8 Å². The van der Waals surface area contributed by atoms with E-state index in [1.54, 1.807) is 35.9 Å². The lowest BCUT2D eigenvalue weighted by atomic mass is 10.3. The first kappa shape index (κ1) is 19.3. The smallest absolute Gasteiger partial charge is 0.323 e. The Hall–Kier alpha value is -2.46. The third-order valence-corrected chi connectivity index (χ3v) is 5.15. The van der Waals surface area contributed by atoms with Crippen LogP contribution in [0.4, 0.5) is 0 Å². The zero-order valence-corrected chi connectivity index (χ0v) is 16.0. The van der Waals surface area contributed by atoms with Crippen LogP contribution in [0.15, 0.2) is 24.3 Å². The molecule has 1 amide bonds. The highest BCUT2D eigenvalue weighted by Crippen LogP contribution is 2.40. The van der Waals surface area contributed by atoms with Gasteiger partial charge in [0.1, 0.15) is 5.82 Å². The SMILES string of the molecule is CCOC(=O)CS(=O)(=O)NC(=O)c1nc(C2CC2)n(-c2ccccc2Cl)n1. The second-order valence-electron chi connectivity index (χ2n) is 5.93. The molecular formula is C16H17ClN4O5S. The van der Waals surface area contributed by atoms with Gasteiger partial charge in [0.25, 0.3) is 0 Å². The van der Waals surface area contributed by atoms with E-state index in [0.29, 0.717) is 16.5 Å². The Labute approximate surface area is 160 Å². The van der Waals surface area contributed by atoms with Gasteiger partial charge in [-0.15, -0.1) is 5.10 Å². The van der Waals surface area contributed by atoms with Gasteiger partial charge in [-0.1, -0.05) is 23.7 Å². The number of aromatic nitrogens is 3. The van der Waals surface area contributed by atoms with E-state index < -0.39 is 27.7 Å². The molecule has 9 nitrogen and oxygen atoms in total. The Morgan fingerprint density at radius 1 is 1.33 bits per heavy atom. The van der Waals surface area contributed by atoms with E-state index in [9.17, 15) is 18.0 Å². The lowest BCUT2D eigenvalue weighted by Gasteiger charge is -2.06. The van der Waals surface area contributed by atoms with Gasteiger partial charge in [-0.3, -0.25) is 9.59 Å². The van der Waals surface area contributed by atoms with Gasteiger partial charge in [-0.2, -0.15) is 0 Å². The van der Waals surface area contributed by atoms with E-state index >= 15 is 0 Å². The molecule has 1 heterocycles. The lowest BCUT2D eigenvalue weighted by molar-refractivity contribution is -0.139. The van der Waals surface area contributed by atoms with Gasteiger partial charge in [0.15, 0.2) is 5.75 Å². The molecule has 0 aliphatic heterocycles. The van der Waals surface area contributed by atoms with Gasteiger partial charge >= 0.3 is 11.9 Å². The zero-order chi connectivity index (χ0) is 19.6. The van der Waals surface area contributed by atoms with Gasteiger partial charge in [0, 0.05) is 5.92 Å². The van der Waals surface area contributed by atoms with Crippen LogP contribution in [0, 0.1) is 0 Å². The summed E-state index contributed by atoms with van der Waals surface area (Å²) >= 11 is 6.20. The Bertz CT molecular complexity index is 984. The van der Waals surface area contributed by atoms with Crippen LogP contribution in [0.3, 0.4) is 0 Å². The van der Waals surface area contributed by atoms with Crippen LogP contribution in [-0.4, -0.2) is 47.4 Å². The van der Waals surface area contributed by atoms with E-state index in [1.165, 1.54) is 4.68 Å². The monoisotopic (exact) mass is 412 g/mol. The maximum Gasteiger partial charge on any atom is 0.323 e. The summed E-state index contributed by atoms with van der Waals surface area (Å²) in [6.07, 6.45) is 1.79. The Balaban J connectivity index is 1.85. The summed E-state index contributed by atoms with van der Waals surface area (Å²) in [6, 6.07) is 6.93. The van der Waals surface area contributed by atoms with E-state index in [1.807, 2.05) is 0 Å².